The van der Waals surface area contributed by atoms with Gasteiger partial charge >= 0.3 is 0 Å². The number of hydrogen-bond donors (Lipinski definition) is 1. The lowest BCUT2D eigenvalue weighted by molar-refractivity contribution is -0.133. The Balaban J connectivity index is 1.57. The molecular weight excluding hydrogens is 456 g/mol. The van der Waals surface area contributed by atoms with E-state index in [1.54, 1.807) is 4.90 Å². The number of nitrogens with one attached hydrogen (secondary N) is 1. The summed E-state index contributed by atoms with van der Waals surface area (Å²) in [7, 11) is 0. The molecule has 2 aromatic carbocycles. The van der Waals surface area contributed by atoms with Crippen LogP contribution in [0.1, 0.15) is 48.8 Å². The molecule has 0 spiro atoms. The molecule has 1 atom stereocenters. The minimum atomic E-state index is -1.02. The molecule has 3 aromatic rings. The van der Waals surface area contributed by atoms with Crippen molar-refractivity contribution in [3.8, 4) is 0 Å². The number of imidazole rings is 1. The third-order valence-electron chi connectivity index (χ3n) is 6.56. The third kappa shape index (κ3) is 3.55. The van der Waals surface area contributed by atoms with Crippen molar-refractivity contribution in [2.75, 3.05) is 0 Å². The average molecular weight is 481 g/mol. The van der Waals surface area contributed by atoms with Gasteiger partial charge in [0.25, 0.3) is 5.91 Å². The van der Waals surface area contributed by atoms with Gasteiger partial charge in [-0.05, 0) is 49.6 Å². The van der Waals surface area contributed by atoms with E-state index in [9.17, 15) is 9.59 Å². The standard InChI is InChI=1S/C24H25BrN4O2/c1-24(23(31)26-18-9-2-3-10-18)15-28-20-12-5-4-11-19(20)27-21(28)22(30)29(24)14-16-7-6-8-17(25)13-16/h4-8,11-13,18H,2-3,9-10,14-15H2,1H3,(H,26,31)/t24-/m1/s1. The summed E-state index contributed by atoms with van der Waals surface area (Å²) in [5, 5.41) is 3.23. The van der Waals surface area contributed by atoms with E-state index in [1.165, 1.54) is 0 Å². The van der Waals surface area contributed by atoms with Gasteiger partial charge < -0.3 is 14.8 Å². The van der Waals surface area contributed by atoms with E-state index < -0.39 is 5.54 Å². The minimum absolute atomic E-state index is 0.0915. The number of amides is 2. The molecule has 2 aliphatic rings. The van der Waals surface area contributed by atoms with E-state index in [0.29, 0.717) is 18.9 Å². The molecule has 2 heterocycles. The zero-order chi connectivity index (χ0) is 21.6. The molecule has 0 saturated heterocycles. The number of halogens is 1. The number of rotatable bonds is 4. The molecule has 7 heteroatoms. The van der Waals surface area contributed by atoms with Crippen LogP contribution in [0.5, 0.6) is 0 Å². The van der Waals surface area contributed by atoms with Gasteiger partial charge in [-0.2, -0.15) is 0 Å². The van der Waals surface area contributed by atoms with Crippen LogP contribution in [0.2, 0.25) is 0 Å². The number of aromatic nitrogens is 2. The number of hydrogen-bond acceptors (Lipinski definition) is 3. The van der Waals surface area contributed by atoms with E-state index in [-0.39, 0.29) is 17.9 Å². The van der Waals surface area contributed by atoms with Gasteiger partial charge in [0.2, 0.25) is 5.91 Å². The van der Waals surface area contributed by atoms with Crippen LogP contribution in [0.25, 0.3) is 11.0 Å². The highest BCUT2D eigenvalue weighted by Gasteiger charge is 2.48. The molecule has 0 radical (unpaired) electrons. The fourth-order valence-electron chi connectivity index (χ4n) is 4.81. The molecule has 0 bridgehead atoms. The Kier molecular flexibility index (Phi) is 5.08. The highest BCUT2D eigenvalue weighted by molar-refractivity contribution is 9.10. The summed E-state index contributed by atoms with van der Waals surface area (Å²) in [6, 6.07) is 15.8. The van der Waals surface area contributed by atoms with E-state index in [4.69, 9.17) is 0 Å². The zero-order valence-electron chi connectivity index (χ0n) is 17.5. The van der Waals surface area contributed by atoms with Gasteiger partial charge in [-0.25, -0.2) is 4.98 Å². The van der Waals surface area contributed by atoms with Crippen LogP contribution in [0.15, 0.2) is 53.0 Å². The third-order valence-corrected chi connectivity index (χ3v) is 7.06. The zero-order valence-corrected chi connectivity index (χ0v) is 19.1. The Bertz CT molecular complexity index is 1170. The van der Waals surface area contributed by atoms with Crippen molar-refractivity contribution in [1.82, 2.24) is 19.8 Å². The van der Waals surface area contributed by atoms with Gasteiger partial charge in [0.15, 0.2) is 5.82 Å². The maximum atomic E-state index is 13.7. The highest BCUT2D eigenvalue weighted by Crippen LogP contribution is 2.33. The second-order valence-electron chi connectivity index (χ2n) is 8.76. The lowest BCUT2D eigenvalue weighted by Gasteiger charge is -2.44. The van der Waals surface area contributed by atoms with E-state index in [1.807, 2.05) is 60.0 Å². The van der Waals surface area contributed by atoms with Crippen molar-refractivity contribution < 1.29 is 9.59 Å². The molecule has 1 aliphatic heterocycles. The number of nitrogens with zero attached hydrogens (tertiary/aromatic N) is 3. The van der Waals surface area contributed by atoms with Gasteiger partial charge in [0.1, 0.15) is 5.54 Å². The van der Waals surface area contributed by atoms with Gasteiger partial charge in [-0.3, -0.25) is 9.59 Å². The number of carbonyl (C=O) groups excluding carboxylic acids is 2. The highest BCUT2D eigenvalue weighted by atomic mass is 79.9. The second-order valence-corrected chi connectivity index (χ2v) is 9.68. The normalized spacial score (nSPS) is 21.5. The molecule has 0 unspecified atom stereocenters. The maximum absolute atomic E-state index is 13.7. The summed E-state index contributed by atoms with van der Waals surface area (Å²) in [6.07, 6.45) is 4.28. The molecule has 1 fully saturated rings. The Morgan fingerprint density at radius 2 is 1.97 bits per heavy atom. The molecule has 31 heavy (non-hydrogen) atoms. The Hall–Kier alpha value is -2.67. The fraction of sp³-hybridized carbons (Fsp3) is 0.375. The summed E-state index contributed by atoms with van der Waals surface area (Å²) in [5.41, 5.74) is 1.60. The van der Waals surface area contributed by atoms with Crippen LogP contribution in [-0.2, 0) is 17.9 Å². The van der Waals surface area contributed by atoms with Crippen molar-refractivity contribution in [3.63, 3.8) is 0 Å². The predicted molar refractivity (Wildman–Crippen MR) is 123 cm³/mol. The lowest BCUT2D eigenvalue weighted by Crippen LogP contribution is -2.64. The Labute approximate surface area is 189 Å². The van der Waals surface area contributed by atoms with E-state index in [2.05, 4.69) is 26.2 Å². The van der Waals surface area contributed by atoms with Gasteiger partial charge in [-0.1, -0.05) is 53.0 Å². The Morgan fingerprint density at radius 3 is 2.74 bits per heavy atom. The second kappa shape index (κ2) is 7.79. The molecule has 5 rings (SSSR count). The first-order chi connectivity index (χ1) is 15.0. The smallest absolute Gasteiger partial charge is 0.291 e. The lowest BCUT2D eigenvalue weighted by atomic mass is 9.93. The number of fused-ring (bicyclic) bond motifs is 3. The van der Waals surface area contributed by atoms with Crippen LogP contribution in [0.4, 0.5) is 0 Å². The van der Waals surface area contributed by atoms with Gasteiger partial charge in [0.05, 0.1) is 17.6 Å². The summed E-state index contributed by atoms with van der Waals surface area (Å²) in [4.78, 5) is 33.6. The van der Waals surface area contributed by atoms with Crippen molar-refractivity contribution in [1.29, 1.82) is 0 Å². The molecular formula is C24H25BrN4O2. The van der Waals surface area contributed by atoms with E-state index >= 15 is 0 Å². The topological polar surface area (TPSA) is 67.2 Å². The summed E-state index contributed by atoms with van der Waals surface area (Å²) >= 11 is 3.51. The first kappa shape index (κ1) is 20.2. The van der Waals surface area contributed by atoms with Gasteiger partial charge in [0, 0.05) is 17.1 Å². The van der Waals surface area contributed by atoms with Crippen molar-refractivity contribution in [3.05, 3.63) is 64.4 Å². The summed E-state index contributed by atoms with van der Waals surface area (Å²) in [6.45, 7) is 2.60. The monoisotopic (exact) mass is 480 g/mol. The first-order valence-corrected chi connectivity index (χ1v) is 11.6. The summed E-state index contributed by atoms with van der Waals surface area (Å²) < 4.78 is 2.85. The molecule has 6 nitrogen and oxygen atoms in total. The van der Waals surface area contributed by atoms with Crippen LogP contribution >= 0.6 is 15.9 Å². The van der Waals surface area contributed by atoms with Crippen LogP contribution in [0, 0.1) is 0 Å². The molecule has 1 aliphatic carbocycles. The molecule has 1 saturated carbocycles. The number of carbonyl (C=O) groups is 2. The van der Waals surface area contributed by atoms with Crippen LogP contribution < -0.4 is 5.32 Å². The molecule has 1 N–H and O–H groups in total. The molecule has 160 valence electrons. The van der Waals surface area contributed by atoms with Gasteiger partial charge in [-0.15, -0.1) is 0 Å². The SMILES string of the molecule is C[C@]1(C(=O)NC2CCCC2)Cn2c(nc3ccccc32)C(=O)N1Cc1cccc(Br)c1. The molecule has 1 aromatic heterocycles. The fourth-order valence-corrected chi connectivity index (χ4v) is 5.25. The quantitative estimate of drug-likeness (QED) is 0.605. The van der Waals surface area contributed by atoms with Crippen LogP contribution in [-0.4, -0.2) is 37.8 Å². The van der Waals surface area contributed by atoms with Crippen molar-refractivity contribution in [2.45, 2.75) is 57.3 Å². The first-order valence-electron chi connectivity index (χ1n) is 10.8. The largest absolute Gasteiger partial charge is 0.351 e. The minimum Gasteiger partial charge on any atom is -0.351 e. The average Bonchev–Trinajstić information content (AvgIpc) is 3.39. The van der Waals surface area contributed by atoms with Crippen molar-refractivity contribution >= 4 is 38.8 Å². The van der Waals surface area contributed by atoms with Crippen LogP contribution in [0.3, 0.4) is 0 Å². The Morgan fingerprint density at radius 1 is 1.19 bits per heavy atom. The summed E-state index contributed by atoms with van der Waals surface area (Å²) in [5.74, 6) is 0.0833. The molecule has 2 amide bonds. The van der Waals surface area contributed by atoms with Crippen molar-refractivity contribution in [2.24, 2.45) is 0 Å². The van der Waals surface area contributed by atoms with E-state index in [0.717, 1.165) is 46.8 Å². The number of benzene rings is 2. The maximum Gasteiger partial charge on any atom is 0.291 e. The number of para-hydroxylation sites is 2. The predicted octanol–water partition coefficient (Wildman–Crippen LogP) is 4.27.